The van der Waals surface area contributed by atoms with Crippen molar-refractivity contribution in [3.05, 3.63) is 67.5 Å². The van der Waals surface area contributed by atoms with Crippen LogP contribution in [0.1, 0.15) is 5.56 Å². The smallest absolute Gasteiger partial charge is 0.272 e. The molecular formula is C21H16Cl2N6O3S2. The molecule has 0 aliphatic carbocycles. The number of carbonyl (C=O) groups excluding carboxylic acids is 1. The molecule has 1 N–H and O–H groups in total. The summed E-state index contributed by atoms with van der Waals surface area (Å²) >= 11 is 14.7. The minimum Gasteiger partial charge on any atom is -0.305 e. The zero-order chi connectivity index (χ0) is 24.4. The second-order valence-electron chi connectivity index (χ2n) is 7.12. The van der Waals surface area contributed by atoms with Gasteiger partial charge in [-0.05, 0) is 25.1 Å². The number of nitro groups is 1. The maximum atomic E-state index is 12.5. The molecule has 34 heavy (non-hydrogen) atoms. The quantitative estimate of drug-likeness (QED) is 0.179. The Morgan fingerprint density at radius 3 is 2.76 bits per heavy atom. The molecule has 0 radical (unpaired) electrons. The van der Waals surface area contributed by atoms with Gasteiger partial charge in [0.1, 0.15) is 0 Å². The molecule has 2 heterocycles. The number of nitrogens with one attached hydrogen (secondary N) is 1. The van der Waals surface area contributed by atoms with E-state index in [-0.39, 0.29) is 17.3 Å². The van der Waals surface area contributed by atoms with Crippen molar-refractivity contribution in [2.24, 2.45) is 7.05 Å². The molecule has 174 valence electrons. The highest BCUT2D eigenvalue weighted by molar-refractivity contribution is 7.99. The Balaban J connectivity index is 1.40. The minimum atomic E-state index is -0.427. The number of thiazole rings is 1. The number of halogens is 2. The van der Waals surface area contributed by atoms with E-state index in [2.05, 4.69) is 20.5 Å². The molecule has 0 atom stereocenters. The van der Waals surface area contributed by atoms with Crippen LogP contribution < -0.4 is 5.32 Å². The van der Waals surface area contributed by atoms with E-state index in [1.165, 1.54) is 29.2 Å². The number of aryl methyl sites for hydroxylation is 1. The van der Waals surface area contributed by atoms with Gasteiger partial charge in [-0.25, -0.2) is 4.98 Å². The molecule has 0 saturated carbocycles. The fourth-order valence-corrected chi connectivity index (χ4v) is 5.00. The number of amides is 1. The molecule has 1 amide bonds. The van der Waals surface area contributed by atoms with Crippen LogP contribution in [0.4, 0.5) is 10.8 Å². The molecule has 0 unspecified atom stereocenters. The van der Waals surface area contributed by atoms with Crippen LogP contribution in [0.3, 0.4) is 0 Å². The Labute approximate surface area is 212 Å². The molecule has 0 spiro atoms. The first-order valence-electron chi connectivity index (χ1n) is 9.71. The van der Waals surface area contributed by atoms with E-state index in [1.54, 1.807) is 54.3 Å². The number of rotatable bonds is 7. The molecule has 4 aromatic rings. The summed E-state index contributed by atoms with van der Waals surface area (Å²) in [6, 6.07) is 10.0. The van der Waals surface area contributed by atoms with Crippen molar-refractivity contribution in [1.82, 2.24) is 19.7 Å². The van der Waals surface area contributed by atoms with Crippen LogP contribution in [0.15, 0.2) is 46.9 Å². The van der Waals surface area contributed by atoms with E-state index in [0.717, 1.165) is 0 Å². The van der Waals surface area contributed by atoms with Crippen molar-refractivity contribution >= 4 is 63.0 Å². The van der Waals surface area contributed by atoms with Gasteiger partial charge in [-0.1, -0.05) is 47.1 Å². The first-order chi connectivity index (χ1) is 16.2. The zero-order valence-electron chi connectivity index (χ0n) is 17.8. The first-order valence-corrected chi connectivity index (χ1v) is 12.3. The second-order valence-corrected chi connectivity index (χ2v) is 9.77. The normalized spacial score (nSPS) is 10.9. The monoisotopic (exact) mass is 534 g/mol. The number of nitrogens with zero attached hydrogens (tertiary/aromatic N) is 5. The van der Waals surface area contributed by atoms with Crippen molar-refractivity contribution in [3.63, 3.8) is 0 Å². The number of nitro benzene ring substituents is 1. The van der Waals surface area contributed by atoms with E-state index < -0.39 is 4.92 Å². The summed E-state index contributed by atoms with van der Waals surface area (Å²) in [5.74, 6) is 0.377. The average molecular weight is 535 g/mol. The summed E-state index contributed by atoms with van der Waals surface area (Å²) in [6.07, 6.45) is 0. The Hall–Kier alpha value is -2.99. The van der Waals surface area contributed by atoms with Crippen LogP contribution in [0, 0.1) is 17.0 Å². The highest BCUT2D eigenvalue weighted by Crippen LogP contribution is 2.31. The highest BCUT2D eigenvalue weighted by Gasteiger charge is 2.17. The summed E-state index contributed by atoms with van der Waals surface area (Å²) < 4.78 is 1.75. The number of benzene rings is 2. The van der Waals surface area contributed by atoms with Crippen LogP contribution in [0.2, 0.25) is 10.0 Å². The number of carbonyl (C=O) groups is 1. The van der Waals surface area contributed by atoms with Gasteiger partial charge >= 0.3 is 0 Å². The van der Waals surface area contributed by atoms with Crippen LogP contribution in [0.25, 0.3) is 22.6 Å². The molecule has 0 aliphatic heterocycles. The Kier molecular flexibility index (Phi) is 7.17. The molecule has 9 nitrogen and oxygen atoms in total. The lowest BCUT2D eigenvalue weighted by Gasteiger charge is -2.06. The number of anilines is 1. The highest BCUT2D eigenvalue weighted by atomic mass is 35.5. The van der Waals surface area contributed by atoms with E-state index in [4.69, 9.17) is 23.2 Å². The van der Waals surface area contributed by atoms with Crippen molar-refractivity contribution in [3.8, 4) is 22.6 Å². The largest absolute Gasteiger partial charge is 0.305 e. The van der Waals surface area contributed by atoms with Gasteiger partial charge in [0.15, 0.2) is 16.1 Å². The third-order valence-electron chi connectivity index (χ3n) is 4.79. The van der Waals surface area contributed by atoms with Crippen LogP contribution in [-0.2, 0) is 11.8 Å². The molecule has 0 aliphatic rings. The fraction of sp³-hybridized carbons (Fsp3) is 0.143. The summed E-state index contributed by atoms with van der Waals surface area (Å²) in [6.45, 7) is 1.68. The third kappa shape index (κ3) is 5.22. The molecule has 0 fully saturated rings. The van der Waals surface area contributed by atoms with E-state index in [1.807, 2.05) is 0 Å². The maximum Gasteiger partial charge on any atom is 0.272 e. The summed E-state index contributed by atoms with van der Waals surface area (Å²) in [7, 11) is 1.79. The molecular weight excluding hydrogens is 519 g/mol. The predicted molar refractivity (Wildman–Crippen MR) is 135 cm³/mol. The lowest BCUT2D eigenvalue weighted by atomic mass is 10.1. The predicted octanol–water partition coefficient (Wildman–Crippen LogP) is 5.86. The Morgan fingerprint density at radius 2 is 2.03 bits per heavy atom. The van der Waals surface area contributed by atoms with Crippen molar-refractivity contribution in [2.75, 3.05) is 11.1 Å². The molecule has 2 aromatic carbocycles. The minimum absolute atomic E-state index is 0.0235. The van der Waals surface area contributed by atoms with Gasteiger partial charge in [-0.15, -0.1) is 21.5 Å². The fourth-order valence-electron chi connectivity index (χ4n) is 3.06. The van der Waals surface area contributed by atoms with Gasteiger partial charge < -0.3 is 9.88 Å². The molecule has 0 bridgehead atoms. The van der Waals surface area contributed by atoms with Crippen LogP contribution in [0.5, 0.6) is 0 Å². The topological polar surface area (TPSA) is 116 Å². The first kappa shape index (κ1) is 24.1. The van der Waals surface area contributed by atoms with Gasteiger partial charge in [-0.2, -0.15) is 0 Å². The van der Waals surface area contributed by atoms with Crippen molar-refractivity contribution in [2.45, 2.75) is 12.1 Å². The molecule has 2 aromatic heterocycles. The Morgan fingerprint density at radius 1 is 1.24 bits per heavy atom. The summed E-state index contributed by atoms with van der Waals surface area (Å²) in [5.41, 5.74) is 2.43. The van der Waals surface area contributed by atoms with E-state index in [9.17, 15) is 14.9 Å². The maximum absolute atomic E-state index is 12.5. The van der Waals surface area contributed by atoms with Crippen LogP contribution >= 0.6 is 46.3 Å². The van der Waals surface area contributed by atoms with Gasteiger partial charge in [0.2, 0.25) is 5.91 Å². The SMILES string of the molecule is Cc1ccc(-c2csc(NC(=O)CSc3nnc(-c4ccc(Cl)cc4Cl)n3C)n2)cc1[N+](=O)[O-]. The van der Waals surface area contributed by atoms with Crippen molar-refractivity contribution in [1.29, 1.82) is 0 Å². The number of thioether (sulfide) groups is 1. The average Bonchev–Trinajstić information content (AvgIpc) is 3.39. The number of aromatic nitrogens is 4. The zero-order valence-corrected chi connectivity index (χ0v) is 20.9. The van der Waals surface area contributed by atoms with Gasteiger partial charge in [0, 0.05) is 40.2 Å². The lowest BCUT2D eigenvalue weighted by molar-refractivity contribution is -0.385. The van der Waals surface area contributed by atoms with Gasteiger partial charge in [0.25, 0.3) is 5.69 Å². The van der Waals surface area contributed by atoms with Crippen molar-refractivity contribution < 1.29 is 9.72 Å². The Bertz CT molecular complexity index is 1410. The summed E-state index contributed by atoms with van der Waals surface area (Å²) in [4.78, 5) is 27.6. The molecule has 13 heteroatoms. The summed E-state index contributed by atoms with van der Waals surface area (Å²) in [5, 5.41) is 25.9. The molecule has 0 saturated heterocycles. The number of hydrogen-bond acceptors (Lipinski definition) is 8. The van der Waals surface area contributed by atoms with Crippen LogP contribution in [-0.4, -0.2) is 36.3 Å². The standard InChI is InChI=1S/C21H16Cl2N6O3S2/c1-11-3-4-12(7-17(11)29(31)32)16-9-33-20(24-16)25-18(30)10-34-21-27-26-19(28(21)2)14-6-5-13(22)8-15(14)23/h3-9H,10H2,1-2H3,(H,24,25,30). The van der Waals surface area contributed by atoms with Gasteiger partial charge in [0.05, 0.1) is 21.4 Å². The molecule has 4 rings (SSSR count). The van der Waals surface area contributed by atoms with Gasteiger partial charge in [-0.3, -0.25) is 14.9 Å². The second kappa shape index (κ2) is 10.1. The number of hydrogen-bond donors (Lipinski definition) is 1. The third-order valence-corrected chi connectivity index (χ3v) is 7.12. The van der Waals surface area contributed by atoms with E-state index >= 15 is 0 Å². The van der Waals surface area contributed by atoms with E-state index in [0.29, 0.717) is 48.5 Å². The lowest BCUT2D eigenvalue weighted by Crippen LogP contribution is -2.14.